The Labute approximate surface area is 213 Å². The normalized spacial score (nSPS) is 13.3. The summed E-state index contributed by atoms with van der Waals surface area (Å²) >= 11 is 1.66. The number of aromatic nitrogens is 2. The standard InChI is InChI=1S/C30H34N3OS/c1-23(2)20-33(21-25-11-14-26(15-12-25)28-10-6-7-17-32-28)29(18-27-19-31-22-35-27)30(34)16-13-24-8-4-3-5-9-24/h3-12,14-17,19,22-23,29-30,34H,13,18,20-21H2,1-2H3. The molecule has 0 spiro atoms. The van der Waals surface area contributed by atoms with E-state index in [0.717, 1.165) is 37.2 Å². The summed E-state index contributed by atoms with van der Waals surface area (Å²) in [5, 5.41) is 11.4. The van der Waals surface area contributed by atoms with Crippen molar-refractivity contribution in [2.45, 2.75) is 45.4 Å². The second-order valence-corrected chi connectivity index (χ2v) is 10.4. The summed E-state index contributed by atoms with van der Waals surface area (Å²) in [5.41, 5.74) is 6.41. The van der Waals surface area contributed by atoms with Crippen molar-refractivity contribution >= 4 is 11.3 Å². The number of benzene rings is 2. The van der Waals surface area contributed by atoms with E-state index in [1.54, 1.807) is 11.3 Å². The zero-order valence-corrected chi connectivity index (χ0v) is 21.3. The maximum Gasteiger partial charge on any atom is 0.0794 e. The number of aliphatic hydroxyl groups is 1. The van der Waals surface area contributed by atoms with Gasteiger partial charge in [0.25, 0.3) is 0 Å². The van der Waals surface area contributed by atoms with Crippen molar-refractivity contribution in [2.75, 3.05) is 6.54 Å². The van der Waals surface area contributed by atoms with Crippen LogP contribution in [0.3, 0.4) is 0 Å². The number of pyridine rings is 1. The number of aliphatic hydroxyl groups excluding tert-OH is 1. The van der Waals surface area contributed by atoms with E-state index >= 15 is 0 Å². The molecule has 1 radical (unpaired) electrons. The van der Waals surface area contributed by atoms with Crippen molar-refractivity contribution in [3.8, 4) is 11.3 Å². The third-order valence-electron chi connectivity index (χ3n) is 6.09. The van der Waals surface area contributed by atoms with Crippen molar-refractivity contribution in [1.29, 1.82) is 0 Å². The van der Waals surface area contributed by atoms with Gasteiger partial charge in [0.2, 0.25) is 0 Å². The van der Waals surface area contributed by atoms with Crippen molar-refractivity contribution < 1.29 is 5.11 Å². The van der Waals surface area contributed by atoms with Gasteiger partial charge in [0.05, 0.1) is 17.3 Å². The Hall–Kier alpha value is -2.86. The maximum absolute atomic E-state index is 11.4. The quantitative estimate of drug-likeness (QED) is 0.265. The summed E-state index contributed by atoms with van der Waals surface area (Å²) in [4.78, 5) is 12.4. The van der Waals surface area contributed by atoms with E-state index in [1.807, 2.05) is 54.3 Å². The van der Waals surface area contributed by atoms with Gasteiger partial charge in [-0.2, -0.15) is 0 Å². The van der Waals surface area contributed by atoms with Crippen LogP contribution in [0.5, 0.6) is 0 Å². The van der Waals surface area contributed by atoms with Gasteiger partial charge < -0.3 is 5.11 Å². The van der Waals surface area contributed by atoms with Crippen molar-refractivity contribution in [1.82, 2.24) is 14.9 Å². The lowest BCUT2D eigenvalue weighted by Crippen LogP contribution is -2.46. The molecule has 1 N–H and O–H groups in total. The number of rotatable bonds is 12. The highest BCUT2D eigenvalue weighted by atomic mass is 32.1. The molecular formula is C30H34N3OS. The molecule has 0 saturated heterocycles. The first kappa shape index (κ1) is 25.2. The van der Waals surface area contributed by atoms with Crippen LogP contribution in [-0.2, 0) is 19.4 Å². The minimum atomic E-state index is -0.552. The summed E-state index contributed by atoms with van der Waals surface area (Å²) in [6.07, 6.45) is 6.77. The lowest BCUT2D eigenvalue weighted by Gasteiger charge is -2.36. The number of thiazole rings is 1. The van der Waals surface area contributed by atoms with Gasteiger partial charge in [-0.25, -0.2) is 0 Å². The van der Waals surface area contributed by atoms with Crippen LogP contribution in [0.1, 0.15) is 29.9 Å². The van der Waals surface area contributed by atoms with Crippen LogP contribution in [0.25, 0.3) is 11.3 Å². The maximum atomic E-state index is 11.4. The van der Waals surface area contributed by atoms with Crippen molar-refractivity contribution in [3.05, 3.63) is 113 Å². The van der Waals surface area contributed by atoms with Gasteiger partial charge in [0, 0.05) is 48.4 Å². The first-order chi connectivity index (χ1) is 17.1. The first-order valence-corrected chi connectivity index (χ1v) is 13.1. The molecule has 0 aliphatic heterocycles. The molecule has 4 rings (SSSR count). The fraction of sp³-hybridized carbons (Fsp3) is 0.300. The molecule has 0 aliphatic carbocycles. The topological polar surface area (TPSA) is 49.2 Å². The largest absolute Gasteiger partial charge is 0.391 e. The minimum Gasteiger partial charge on any atom is -0.391 e. The fourth-order valence-corrected chi connectivity index (χ4v) is 5.02. The molecule has 2 aromatic heterocycles. The Bertz CT molecular complexity index is 1120. The molecular weight excluding hydrogens is 450 g/mol. The molecule has 0 saturated carbocycles. The average Bonchev–Trinajstić information content (AvgIpc) is 3.40. The number of nitrogens with zero attached hydrogens (tertiary/aromatic N) is 3. The molecule has 2 atom stereocenters. The molecule has 2 heterocycles. The molecule has 181 valence electrons. The summed E-state index contributed by atoms with van der Waals surface area (Å²) in [7, 11) is 0. The van der Waals surface area contributed by atoms with E-state index in [0.29, 0.717) is 5.92 Å². The second kappa shape index (κ2) is 12.7. The van der Waals surface area contributed by atoms with Crippen molar-refractivity contribution in [3.63, 3.8) is 0 Å². The lowest BCUT2D eigenvalue weighted by atomic mass is 9.96. The third kappa shape index (κ3) is 7.56. The van der Waals surface area contributed by atoms with Gasteiger partial charge in [-0.05, 0) is 42.0 Å². The Balaban J connectivity index is 1.53. The van der Waals surface area contributed by atoms with Gasteiger partial charge in [-0.3, -0.25) is 14.9 Å². The van der Waals surface area contributed by atoms with E-state index in [9.17, 15) is 5.11 Å². The number of hydrogen-bond donors (Lipinski definition) is 1. The van der Waals surface area contributed by atoms with Crippen LogP contribution in [0.4, 0.5) is 0 Å². The summed E-state index contributed by atoms with van der Waals surface area (Å²) < 4.78 is 0. The highest BCUT2D eigenvalue weighted by molar-refractivity contribution is 7.09. The van der Waals surface area contributed by atoms with Gasteiger partial charge in [-0.1, -0.05) is 74.5 Å². The van der Waals surface area contributed by atoms with Crippen molar-refractivity contribution in [2.24, 2.45) is 5.92 Å². The Morgan fingerprint density at radius 1 is 0.943 bits per heavy atom. The Morgan fingerprint density at radius 3 is 2.37 bits per heavy atom. The minimum absolute atomic E-state index is 0.0305. The molecule has 2 unspecified atom stereocenters. The fourth-order valence-electron chi connectivity index (χ4n) is 4.38. The Kier molecular flexibility index (Phi) is 9.18. The van der Waals surface area contributed by atoms with Crippen LogP contribution < -0.4 is 0 Å². The first-order valence-electron chi connectivity index (χ1n) is 12.3. The van der Waals surface area contributed by atoms with Crippen LogP contribution >= 0.6 is 11.3 Å². The SMILES string of the molecule is CC(C)CN(Cc1ccc(-c2ccccn2)cc1)C(Cc1cncs1)C(O)[CH]Cc1ccccc1. The monoisotopic (exact) mass is 484 g/mol. The molecule has 4 aromatic rings. The van der Waals surface area contributed by atoms with E-state index in [-0.39, 0.29) is 6.04 Å². The van der Waals surface area contributed by atoms with Crippen LogP contribution in [0.2, 0.25) is 0 Å². The summed E-state index contributed by atoms with van der Waals surface area (Å²) in [5.74, 6) is 0.480. The average molecular weight is 485 g/mol. The molecule has 0 amide bonds. The molecule has 2 aromatic carbocycles. The van der Waals surface area contributed by atoms with E-state index in [4.69, 9.17) is 0 Å². The highest BCUT2D eigenvalue weighted by Crippen LogP contribution is 2.23. The zero-order chi connectivity index (χ0) is 24.5. The highest BCUT2D eigenvalue weighted by Gasteiger charge is 2.28. The smallest absolute Gasteiger partial charge is 0.0794 e. The molecule has 35 heavy (non-hydrogen) atoms. The predicted octanol–water partition coefficient (Wildman–Crippen LogP) is 6.08. The summed E-state index contributed by atoms with van der Waals surface area (Å²) in [6.45, 7) is 6.16. The zero-order valence-electron chi connectivity index (χ0n) is 20.5. The van der Waals surface area contributed by atoms with Crippen LogP contribution in [0, 0.1) is 12.3 Å². The summed E-state index contributed by atoms with van der Waals surface area (Å²) in [6, 6.07) is 24.9. The van der Waals surface area contributed by atoms with Crippen LogP contribution in [-0.4, -0.2) is 38.7 Å². The molecule has 5 heteroatoms. The van der Waals surface area contributed by atoms with Gasteiger partial charge >= 0.3 is 0 Å². The second-order valence-electron chi connectivity index (χ2n) is 9.39. The molecule has 4 nitrogen and oxygen atoms in total. The lowest BCUT2D eigenvalue weighted by molar-refractivity contribution is 0.0550. The van der Waals surface area contributed by atoms with E-state index < -0.39 is 6.10 Å². The molecule has 0 bridgehead atoms. The van der Waals surface area contributed by atoms with E-state index in [1.165, 1.54) is 16.0 Å². The van der Waals surface area contributed by atoms with Crippen LogP contribution in [0.15, 0.2) is 90.7 Å². The van der Waals surface area contributed by atoms with E-state index in [2.05, 4.69) is 71.5 Å². The molecule has 0 fully saturated rings. The Morgan fingerprint density at radius 2 is 1.71 bits per heavy atom. The molecule has 0 aliphatic rings. The number of hydrogen-bond acceptors (Lipinski definition) is 5. The van der Waals surface area contributed by atoms with Gasteiger partial charge in [0.15, 0.2) is 0 Å². The van der Waals surface area contributed by atoms with Gasteiger partial charge in [-0.15, -0.1) is 11.3 Å². The van der Waals surface area contributed by atoms with Gasteiger partial charge in [0.1, 0.15) is 0 Å². The third-order valence-corrected chi connectivity index (χ3v) is 6.90. The predicted molar refractivity (Wildman–Crippen MR) is 145 cm³/mol.